The zero-order chi connectivity index (χ0) is 13.0. The van der Waals surface area contributed by atoms with E-state index in [-0.39, 0.29) is 5.69 Å². The minimum Gasteiger partial charge on any atom is -0.395 e. The van der Waals surface area contributed by atoms with Crippen molar-refractivity contribution in [2.24, 2.45) is 5.92 Å². The molecule has 0 saturated heterocycles. The fraction of sp³-hybridized carbons (Fsp3) is 0.538. The van der Waals surface area contributed by atoms with Crippen LogP contribution >= 0.6 is 0 Å². The smallest absolute Gasteiger partial charge is 0.151 e. The molecule has 3 nitrogen and oxygen atoms in total. The molecule has 1 aromatic carbocycles. The summed E-state index contributed by atoms with van der Waals surface area (Å²) in [5, 5.41) is 2.91. The molecule has 3 N–H and O–H groups in total. The van der Waals surface area contributed by atoms with Gasteiger partial charge in [0.1, 0.15) is 5.82 Å². The third-order valence-corrected chi connectivity index (χ3v) is 2.93. The largest absolute Gasteiger partial charge is 0.395 e. The van der Waals surface area contributed by atoms with Gasteiger partial charge in [-0.05, 0) is 31.2 Å². The summed E-state index contributed by atoms with van der Waals surface area (Å²) in [6.07, 6.45) is 3.33. The zero-order valence-electron chi connectivity index (χ0n) is 10.2. The monoisotopic (exact) mass is 256 g/mol. The molecule has 0 unspecified atom stereocenters. The molecule has 0 atom stereocenters. The predicted molar refractivity (Wildman–Crippen MR) is 67.4 cm³/mol. The summed E-state index contributed by atoms with van der Waals surface area (Å²) in [4.78, 5) is 0. The standard InChI is InChI=1S/C13H18F2N2O/c14-10-6-11(15)13(16)12(7-10)17-4-1-5-18-8-9-2-3-9/h6-7,9,17H,1-5,8,16H2. The molecular formula is C13H18F2N2O. The van der Waals surface area contributed by atoms with E-state index < -0.39 is 11.6 Å². The van der Waals surface area contributed by atoms with Gasteiger partial charge in [0.15, 0.2) is 5.82 Å². The molecule has 1 fully saturated rings. The number of rotatable bonds is 7. The van der Waals surface area contributed by atoms with Crippen molar-refractivity contribution >= 4 is 11.4 Å². The van der Waals surface area contributed by atoms with E-state index in [1.165, 1.54) is 18.9 Å². The Morgan fingerprint density at radius 3 is 2.83 bits per heavy atom. The molecule has 18 heavy (non-hydrogen) atoms. The third kappa shape index (κ3) is 3.84. The van der Waals surface area contributed by atoms with Crippen molar-refractivity contribution in [3.8, 4) is 0 Å². The first-order valence-corrected chi connectivity index (χ1v) is 6.23. The maximum absolute atomic E-state index is 13.1. The van der Waals surface area contributed by atoms with Gasteiger partial charge < -0.3 is 15.8 Å². The van der Waals surface area contributed by atoms with E-state index in [4.69, 9.17) is 10.5 Å². The Bertz CT molecular complexity index is 408. The molecule has 1 aromatic rings. The molecule has 2 rings (SSSR count). The number of hydrogen-bond donors (Lipinski definition) is 2. The molecule has 0 aromatic heterocycles. The van der Waals surface area contributed by atoms with Gasteiger partial charge in [-0.2, -0.15) is 0 Å². The van der Waals surface area contributed by atoms with Crippen LogP contribution in [0.2, 0.25) is 0 Å². The van der Waals surface area contributed by atoms with Crippen molar-refractivity contribution in [1.29, 1.82) is 0 Å². The summed E-state index contributed by atoms with van der Waals surface area (Å²) >= 11 is 0. The van der Waals surface area contributed by atoms with Gasteiger partial charge in [-0.3, -0.25) is 0 Å². The number of benzene rings is 1. The summed E-state index contributed by atoms with van der Waals surface area (Å²) in [7, 11) is 0. The highest BCUT2D eigenvalue weighted by molar-refractivity contribution is 5.66. The summed E-state index contributed by atoms with van der Waals surface area (Å²) in [5.41, 5.74) is 5.76. The number of nitrogen functional groups attached to an aromatic ring is 1. The van der Waals surface area contributed by atoms with Crippen LogP contribution in [-0.2, 0) is 4.74 Å². The van der Waals surface area contributed by atoms with Gasteiger partial charge in [0.25, 0.3) is 0 Å². The van der Waals surface area contributed by atoms with Crippen LogP contribution < -0.4 is 11.1 Å². The van der Waals surface area contributed by atoms with Crippen LogP contribution in [0.5, 0.6) is 0 Å². The first kappa shape index (κ1) is 13.1. The summed E-state index contributed by atoms with van der Waals surface area (Å²) < 4.78 is 31.6. The third-order valence-electron chi connectivity index (χ3n) is 2.93. The molecule has 0 radical (unpaired) electrons. The Morgan fingerprint density at radius 2 is 2.11 bits per heavy atom. The first-order valence-electron chi connectivity index (χ1n) is 6.23. The Morgan fingerprint density at radius 1 is 1.33 bits per heavy atom. The molecule has 0 heterocycles. The maximum atomic E-state index is 13.1. The minimum absolute atomic E-state index is 0.0460. The average molecular weight is 256 g/mol. The Kier molecular flexibility index (Phi) is 4.36. The van der Waals surface area contributed by atoms with Crippen molar-refractivity contribution in [2.45, 2.75) is 19.3 Å². The van der Waals surface area contributed by atoms with Crippen LogP contribution in [0, 0.1) is 17.6 Å². The lowest BCUT2D eigenvalue weighted by Gasteiger charge is -2.10. The van der Waals surface area contributed by atoms with E-state index >= 15 is 0 Å². The lowest BCUT2D eigenvalue weighted by Crippen LogP contribution is -2.09. The molecule has 5 heteroatoms. The molecule has 1 aliphatic carbocycles. The highest BCUT2D eigenvalue weighted by Gasteiger charge is 2.20. The van der Waals surface area contributed by atoms with E-state index in [0.29, 0.717) is 18.8 Å². The highest BCUT2D eigenvalue weighted by atomic mass is 19.1. The lowest BCUT2D eigenvalue weighted by atomic mass is 10.2. The van der Waals surface area contributed by atoms with Gasteiger partial charge in [-0.15, -0.1) is 0 Å². The second kappa shape index (κ2) is 6.00. The van der Waals surface area contributed by atoms with Crippen LogP contribution in [0.25, 0.3) is 0 Å². The van der Waals surface area contributed by atoms with E-state index in [1.54, 1.807) is 0 Å². The molecule has 0 bridgehead atoms. The number of nitrogens with two attached hydrogens (primary N) is 1. The van der Waals surface area contributed by atoms with Crippen molar-refractivity contribution in [3.05, 3.63) is 23.8 Å². The van der Waals surface area contributed by atoms with Gasteiger partial charge in [-0.25, -0.2) is 8.78 Å². The Balaban J connectivity index is 1.68. The molecule has 100 valence electrons. The molecule has 0 aliphatic heterocycles. The van der Waals surface area contributed by atoms with Crippen molar-refractivity contribution in [2.75, 3.05) is 30.8 Å². The molecule has 0 amide bonds. The van der Waals surface area contributed by atoms with Gasteiger partial charge in [0.05, 0.1) is 11.4 Å². The van der Waals surface area contributed by atoms with Crippen LogP contribution in [0.3, 0.4) is 0 Å². The SMILES string of the molecule is Nc1c(F)cc(F)cc1NCCCOCC1CC1. The number of nitrogens with one attached hydrogen (secondary N) is 1. The van der Waals surface area contributed by atoms with Gasteiger partial charge in [0, 0.05) is 25.8 Å². The van der Waals surface area contributed by atoms with Gasteiger partial charge in [0.2, 0.25) is 0 Å². The minimum atomic E-state index is -0.734. The fourth-order valence-electron chi connectivity index (χ4n) is 1.66. The summed E-state index contributed by atoms with van der Waals surface area (Å²) in [6, 6.07) is 1.97. The van der Waals surface area contributed by atoms with E-state index in [1.807, 2.05) is 0 Å². The number of anilines is 2. The fourth-order valence-corrected chi connectivity index (χ4v) is 1.66. The van der Waals surface area contributed by atoms with Crippen molar-refractivity contribution in [1.82, 2.24) is 0 Å². The van der Waals surface area contributed by atoms with E-state index in [9.17, 15) is 8.78 Å². The van der Waals surface area contributed by atoms with Crippen molar-refractivity contribution < 1.29 is 13.5 Å². The topological polar surface area (TPSA) is 47.3 Å². The van der Waals surface area contributed by atoms with Crippen LogP contribution in [-0.4, -0.2) is 19.8 Å². The number of ether oxygens (including phenoxy) is 1. The molecule has 1 aliphatic rings. The Labute approximate surface area is 105 Å². The molecule has 1 saturated carbocycles. The van der Waals surface area contributed by atoms with Crippen LogP contribution in [0.1, 0.15) is 19.3 Å². The van der Waals surface area contributed by atoms with Gasteiger partial charge in [-0.1, -0.05) is 0 Å². The quantitative estimate of drug-likeness (QED) is 0.582. The van der Waals surface area contributed by atoms with Crippen molar-refractivity contribution in [3.63, 3.8) is 0 Å². The maximum Gasteiger partial charge on any atom is 0.151 e. The molecule has 0 spiro atoms. The highest BCUT2D eigenvalue weighted by Crippen LogP contribution is 2.28. The number of halogens is 2. The second-order valence-corrected chi connectivity index (χ2v) is 4.65. The second-order valence-electron chi connectivity index (χ2n) is 4.65. The predicted octanol–water partition coefficient (Wildman–Crippen LogP) is 2.78. The van der Waals surface area contributed by atoms with Gasteiger partial charge >= 0.3 is 0 Å². The van der Waals surface area contributed by atoms with Crippen LogP contribution in [0.4, 0.5) is 20.2 Å². The summed E-state index contributed by atoms with van der Waals surface area (Å²) in [6.45, 7) is 2.07. The van der Waals surface area contributed by atoms with E-state index in [2.05, 4.69) is 5.32 Å². The number of hydrogen-bond acceptors (Lipinski definition) is 3. The average Bonchev–Trinajstić information content (AvgIpc) is 3.13. The summed E-state index contributed by atoms with van der Waals surface area (Å²) in [5.74, 6) is -0.609. The zero-order valence-corrected chi connectivity index (χ0v) is 10.2. The first-order chi connectivity index (χ1) is 8.66. The Hall–Kier alpha value is -1.36. The van der Waals surface area contributed by atoms with Crippen LogP contribution in [0.15, 0.2) is 12.1 Å². The lowest BCUT2D eigenvalue weighted by molar-refractivity contribution is 0.124. The normalized spacial score (nSPS) is 14.8. The van der Waals surface area contributed by atoms with E-state index in [0.717, 1.165) is 25.0 Å². The molecular weight excluding hydrogens is 238 g/mol.